The molecule has 0 saturated carbocycles. The summed E-state index contributed by atoms with van der Waals surface area (Å²) in [7, 11) is 0. The third-order valence-corrected chi connectivity index (χ3v) is 14.7. The van der Waals surface area contributed by atoms with Crippen LogP contribution in [0.5, 0.6) is 0 Å². The molecule has 0 saturated heterocycles. The average molecular weight is 908 g/mol. The predicted octanol–water partition coefficient (Wildman–Crippen LogP) is 14.8. The van der Waals surface area contributed by atoms with Gasteiger partial charge in [0.05, 0.1) is 55.2 Å². The van der Waals surface area contributed by atoms with Crippen molar-refractivity contribution in [3.05, 3.63) is 225 Å². The monoisotopic (exact) mass is 907 g/mol. The molecule has 0 N–H and O–H groups in total. The zero-order valence-electron chi connectivity index (χ0n) is 37.9. The zero-order chi connectivity index (χ0) is 46.3. The van der Waals surface area contributed by atoms with Crippen LogP contribution in [0.4, 0.5) is 0 Å². The van der Waals surface area contributed by atoms with Crippen LogP contribution in [0.1, 0.15) is 0 Å². The van der Waals surface area contributed by atoms with Gasteiger partial charge in [-0.2, -0.15) is 0 Å². The van der Waals surface area contributed by atoms with E-state index in [4.69, 9.17) is 19.9 Å². The second-order valence-electron chi connectivity index (χ2n) is 18.3. The Morgan fingerprint density at radius 3 is 0.958 bits per heavy atom. The molecule has 0 fully saturated rings. The smallest absolute Gasteiger partial charge is 0.234 e. The highest BCUT2D eigenvalue weighted by Crippen LogP contribution is 2.43. The van der Waals surface area contributed by atoms with Gasteiger partial charge in [0.2, 0.25) is 5.95 Å². The van der Waals surface area contributed by atoms with E-state index < -0.39 is 0 Å². The molecule has 0 bridgehead atoms. The van der Waals surface area contributed by atoms with Gasteiger partial charge in [0.25, 0.3) is 0 Å². The average Bonchev–Trinajstić information content (AvgIpc) is 4.21. The topological polar surface area (TPSA) is 76.2 Å². The fourth-order valence-electron chi connectivity index (χ4n) is 11.8. The molecule has 0 aliphatic rings. The molecule has 8 aromatic heterocycles. The molecule has 0 aliphatic heterocycles. The SMILES string of the molecule is c1ccc(-n2c3ccccc3c3cc4c5ccccc5n(-c5ccc6c7ccc(-n8c9ccccc9c9cc%10c%11ccccc%11n(-c%11ccccn%11)c%10cc98)cc7n(-c7ncccn7)c6c5)c4cc32)nc1. The first-order valence-corrected chi connectivity index (χ1v) is 23.9. The lowest BCUT2D eigenvalue weighted by Crippen LogP contribution is -2.02. The van der Waals surface area contributed by atoms with Crippen molar-refractivity contribution in [2.75, 3.05) is 0 Å². The lowest BCUT2D eigenvalue weighted by Gasteiger charge is -2.12. The van der Waals surface area contributed by atoms with E-state index in [1.165, 1.54) is 43.1 Å². The Morgan fingerprint density at radius 1 is 0.211 bits per heavy atom. The van der Waals surface area contributed by atoms with Crippen LogP contribution >= 0.6 is 0 Å². The Morgan fingerprint density at radius 2 is 0.549 bits per heavy atom. The van der Waals surface area contributed by atoms with E-state index in [2.05, 4.69) is 205 Å². The van der Waals surface area contributed by atoms with Gasteiger partial charge in [0.15, 0.2) is 0 Å². The van der Waals surface area contributed by atoms with E-state index in [0.29, 0.717) is 5.95 Å². The molecule has 9 heteroatoms. The highest BCUT2D eigenvalue weighted by Gasteiger charge is 2.23. The maximum Gasteiger partial charge on any atom is 0.234 e. The minimum atomic E-state index is 0.606. The van der Waals surface area contributed by atoms with Crippen LogP contribution in [0.2, 0.25) is 0 Å². The predicted molar refractivity (Wildman–Crippen MR) is 289 cm³/mol. The summed E-state index contributed by atoms with van der Waals surface area (Å²) >= 11 is 0. The van der Waals surface area contributed by atoms with E-state index in [1.807, 2.05) is 43.0 Å². The molecule has 16 rings (SSSR count). The van der Waals surface area contributed by atoms with Crippen LogP contribution in [0.3, 0.4) is 0 Å². The first-order valence-electron chi connectivity index (χ1n) is 23.9. The van der Waals surface area contributed by atoms with Gasteiger partial charge in [-0.05, 0) is 103 Å². The van der Waals surface area contributed by atoms with Crippen molar-refractivity contribution >= 4 is 109 Å². The van der Waals surface area contributed by atoms with Crippen LogP contribution in [-0.4, -0.2) is 42.8 Å². The van der Waals surface area contributed by atoms with Crippen molar-refractivity contribution in [3.63, 3.8) is 0 Å². The summed E-state index contributed by atoms with van der Waals surface area (Å²) in [5.74, 6) is 2.38. The Labute approximate surface area is 404 Å². The number of benzene rings is 8. The van der Waals surface area contributed by atoms with Gasteiger partial charge in [0, 0.05) is 90.0 Å². The van der Waals surface area contributed by atoms with Gasteiger partial charge in [-0.1, -0.05) is 97.1 Å². The van der Waals surface area contributed by atoms with Gasteiger partial charge in [0.1, 0.15) is 11.6 Å². The summed E-state index contributed by atoms with van der Waals surface area (Å²) in [6, 6.07) is 71.9. The number of fused-ring (bicyclic) bond motifs is 15. The number of hydrogen-bond acceptors (Lipinski definition) is 4. The lowest BCUT2D eigenvalue weighted by molar-refractivity contribution is 0.986. The number of para-hydroxylation sites is 4. The quantitative estimate of drug-likeness (QED) is 0.172. The minimum Gasteiger partial charge on any atom is -0.309 e. The highest BCUT2D eigenvalue weighted by atomic mass is 15.2. The van der Waals surface area contributed by atoms with Crippen LogP contribution in [0, 0.1) is 0 Å². The summed E-state index contributed by atoms with van der Waals surface area (Å²) in [5.41, 5.74) is 13.0. The summed E-state index contributed by atoms with van der Waals surface area (Å²) in [6.45, 7) is 0. The molecule has 0 atom stereocenters. The molecule has 9 nitrogen and oxygen atoms in total. The first-order chi connectivity index (χ1) is 35.2. The molecule has 0 unspecified atom stereocenters. The Kier molecular flexibility index (Phi) is 7.70. The van der Waals surface area contributed by atoms with E-state index in [0.717, 1.165) is 88.9 Å². The van der Waals surface area contributed by atoms with Crippen LogP contribution in [0.15, 0.2) is 225 Å². The second-order valence-corrected chi connectivity index (χ2v) is 18.3. The largest absolute Gasteiger partial charge is 0.309 e. The van der Waals surface area contributed by atoms with Gasteiger partial charge in [-0.15, -0.1) is 0 Å². The lowest BCUT2D eigenvalue weighted by atomic mass is 10.1. The summed E-state index contributed by atoms with van der Waals surface area (Å²) in [4.78, 5) is 19.5. The maximum atomic E-state index is 4.91. The number of hydrogen-bond donors (Lipinski definition) is 0. The Balaban J connectivity index is 0.958. The first kappa shape index (κ1) is 38.1. The van der Waals surface area contributed by atoms with Crippen molar-refractivity contribution < 1.29 is 0 Å². The van der Waals surface area contributed by atoms with Crippen molar-refractivity contribution in [2.24, 2.45) is 0 Å². The molecule has 0 radical (unpaired) electrons. The van der Waals surface area contributed by atoms with Gasteiger partial charge in [-0.3, -0.25) is 13.7 Å². The van der Waals surface area contributed by atoms with E-state index in [9.17, 15) is 0 Å². The molecule has 71 heavy (non-hydrogen) atoms. The van der Waals surface area contributed by atoms with Crippen molar-refractivity contribution in [2.45, 2.75) is 0 Å². The molecule has 16 aromatic rings. The molecule has 330 valence electrons. The molecule has 8 aromatic carbocycles. The number of pyridine rings is 2. The van der Waals surface area contributed by atoms with Crippen molar-refractivity contribution in [1.29, 1.82) is 0 Å². The standard InChI is InChI=1S/C62H37N9/c1-5-18-50-40(14-1)46-34-48-42-16-3-7-20-52(42)69(60-22-9-11-28-63-60)58(48)36-56(46)67(50)38-24-26-44-45-27-25-39(33-55(45)71(54(44)32-38)62-65-30-13-31-66-62)68-51-19-6-2-15-41(51)47-35-49-43-17-4-8-21-53(43)70(59(49)37-57(47)68)61-23-10-12-29-64-61/h1-37H. The molecule has 8 heterocycles. The molecular weight excluding hydrogens is 871 g/mol. The zero-order valence-corrected chi connectivity index (χ0v) is 37.9. The number of rotatable bonds is 5. The van der Waals surface area contributed by atoms with Gasteiger partial charge >= 0.3 is 0 Å². The molecule has 0 amide bonds. The van der Waals surface area contributed by atoms with Crippen LogP contribution in [0.25, 0.3) is 138 Å². The van der Waals surface area contributed by atoms with E-state index in [1.54, 1.807) is 0 Å². The second kappa shape index (κ2) is 14.3. The Bertz CT molecular complexity index is 4570. The minimum absolute atomic E-state index is 0.606. The third-order valence-electron chi connectivity index (χ3n) is 14.7. The van der Waals surface area contributed by atoms with Crippen molar-refractivity contribution in [3.8, 4) is 29.0 Å². The third kappa shape index (κ3) is 5.28. The Hall–Kier alpha value is -9.86. The van der Waals surface area contributed by atoms with E-state index >= 15 is 0 Å². The normalized spacial score (nSPS) is 12.2. The maximum absolute atomic E-state index is 4.91. The molecule has 0 spiro atoms. The molecular formula is C62H37N9. The number of aromatic nitrogens is 9. The summed E-state index contributed by atoms with van der Waals surface area (Å²) in [5, 5.41) is 11.8. The number of nitrogens with zero attached hydrogens (tertiary/aromatic N) is 9. The molecule has 0 aliphatic carbocycles. The van der Waals surface area contributed by atoms with Crippen LogP contribution < -0.4 is 0 Å². The summed E-state index contributed by atoms with van der Waals surface area (Å²) < 4.78 is 11.6. The summed E-state index contributed by atoms with van der Waals surface area (Å²) in [6.07, 6.45) is 7.38. The van der Waals surface area contributed by atoms with Gasteiger partial charge < -0.3 is 9.13 Å². The van der Waals surface area contributed by atoms with Crippen LogP contribution in [-0.2, 0) is 0 Å². The fraction of sp³-hybridized carbons (Fsp3) is 0. The van der Waals surface area contributed by atoms with E-state index in [-0.39, 0.29) is 0 Å². The van der Waals surface area contributed by atoms with Gasteiger partial charge in [-0.25, -0.2) is 19.9 Å². The highest BCUT2D eigenvalue weighted by molar-refractivity contribution is 6.21. The fourth-order valence-corrected chi connectivity index (χ4v) is 11.8. The van der Waals surface area contributed by atoms with Crippen molar-refractivity contribution in [1.82, 2.24) is 42.8 Å².